The topological polar surface area (TPSA) is 16.4 Å². The predicted molar refractivity (Wildman–Crippen MR) is 265 cm³/mol. The van der Waals surface area contributed by atoms with Crippen molar-refractivity contribution in [3.8, 4) is 44.5 Å². The molecule has 0 saturated heterocycles. The van der Waals surface area contributed by atoms with Crippen molar-refractivity contribution < 1.29 is 4.42 Å². The van der Waals surface area contributed by atoms with Crippen molar-refractivity contribution in [1.82, 2.24) is 0 Å². The molecule has 0 bridgehead atoms. The number of furan rings is 1. The summed E-state index contributed by atoms with van der Waals surface area (Å²) < 4.78 is 9.09. The molecule has 0 atom stereocenters. The molecule has 9 aromatic carbocycles. The lowest BCUT2D eigenvalue weighted by atomic mass is 9.81. The van der Waals surface area contributed by atoms with Crippen molar-refractivity contribution in [3.63, 3.8) is 0 Å². The number of nitrogens with zero attached hydrogens (tertiary/aromatic N) is 1. The van der Waals surface area contributed by atoms with E-state index >= 15 is 0 Å². The summed E-state index contributed by atoms with van der Waals surface area (Å²) in [6.45, 7) is 9.21. The van der Waals surface area contributed by atoms with Gasteiger partial charge in [0.2, 0.25) is 0 Å². The van der Waals surface area contributed by atoms with E-state index in [-0.39, 0.29) is 5.41 Å². The zero-order valence-corrected chi connectivity index (χ0v) is 36.0. The van der Waals surface area contributed by atoms with Crippen LogP contribution in [-0.4, -0.2) is 0 Å². The molecule has 0 spiro atoms. The van der Waals surface area contributed by atoms with Crippen LogP contribution in [0.15, 0.2) is 192 Å². The Kier molecular flexibility index (Phi) is 8.23. The van der Waals surface area contributed by atoms with Crippen LogP contribution in [0.2, 0.25) is 0 Å². The van der Waals surface area contributed by atoms with E-state index in [1.165, 1.54) is 75.8 Å². The summed E-state index contributed by atoms with van der Waals surface area (Å²) in [6, 6.07) is 69.1. The van der Waals surface area contributed by atoms with Crippen molar-refractivity contribution in [2.45, 2.75) is 33.1 Å². The Hall–Kier alpha value is -7.20. The van der Waals surface area contributed by atoms with Gasteiger partial charge in [0.15, 0.2) is 0 Å². The molecule has 2 nitrogen and oxygen atoms in total. The van der Waals surface area contributed by atoms with Crippen LogP contribution in [0.1, 0.15) is 36.1 Å². The summed E-state index contributed by atoms with van der Waals surface area (Å²) >= 11 is 1.86. The zero-order valence-electron chi connectivity index (χ0n) is 35.2. The van der Waals surface area contributed by atoms with Crippen LogP contribution in [0.3, 0.4) is 0 Å². The second kappa shape index (κ2) is 13.9. The lowest BCUT2D eigenvalue weighted by molar-refractivity contribution is 0.659. The van der Waals surface area contributed by atoms with E-state index in [2.05, 4.69) is 209 Å². The molecule has 1 aliphatic carbocycles. The first-order valence-corrected chi connectivity index (χ1v) is 22.3. The number of thiophene rings is 1. The van der Waals surface area contributed by atoms with Crippen molar-refractivity contribution >= 4 is 70.5 Å². The van der Waals surface area contributed by atoms with Crippen LogP contribution < -0.4 is 4.90 Å². The molecule has 3 heteroatoms. The molecule has 0 radical (unpaired) electrons. The highest BCUT2D eigenvalue weighted by Gasteiger charge is 2.36. The Labute approximate surface area is 366 Å². The van der Waals surface area contributed by atoms with Crippen LogP contribution in [-0.2, 0) is 5.41 Å². The first-order valence-electron chi connectivity index (χ1n) is 21.5. The van der Waals surface area contributed by atoms with Crippen LogP contribution in [0.4, 0.5) is 17.1 Å². The minimum atomic E-state index is -0.0467. The molecular formula is C59H43NOS. The van der Waals surface area contributed by atoms with Crippen LogP contribution in [0.25, 0.3) is 86.6 Å². The largest absolute Gasteiger partial charge is 0.455 e. The van der Waals surface area contributed by atoms with Crippen LogP contribution >= 0.6 is 11.3 Å². The molecule has 0 amide bonds. The summed E-state index contributed by atoms with van der Waals surface area (Å²) in [5, 5.41) is 4.91. The number of benzene rings is 9. The summed E-state index contributed by atoms with van der Waals surface area (Å²) in [6.07, 6.45) is 0. The maximum Gasteiger partial charge on any atom is 0.143 e. The van der Waals surface area contributed by atoms with Crippen LogP contribution in [0, 0.1) is 13.8 Å². The molecule has 0 fully saturated rings. The number of fused-ring (bicyclic) bond motifs is 9. The number of rotatable bonds is 6. The van der Waals surface area contributed by atoms with Gasteiger partial charge in [-0.3, -0.25) is 0 Å². The molecule has 2 heterocycles. The summed E-state index contributed by atoms with van der Waals surface area (Å²) in [5.41, 5.74) is 20.3. The molecule has 0 saturated carbocycles. The van der Waals surface area contributed by atoms with Gasteiger partial charge in [-0.15, -0.1) is 11.3 Å². The molecular weight excluding hydrogens is 771 g/mol. The first kappa shape index (κ1) is 36.6. The lowest BCUT2D eigenvalue weighted by Crippen LogP contribution is -2.15. The van der Waals surface area contributed by atoms with Crippen molar-refractivity contribution in [1.29, 1.82) is 0 Å². The number of para-hydroxylation sites is 2. The molecule has 1 aliphatic rings. The summed E-state index contributed by atoms with van der Waals surface area (Å²) in [4.78, 5) is 2.39. The van der Waals surface area contributed by atoms with Gasteiger partial charge in [0.1, 0.15) is 11.2 Å². The maximum atomic E-state index is 6.46. The van der Waals surface area contributed by atoms with Gasteiger partial charge >= 0.3 is 0 Å². The van der Waals surface area contributed by atoms with E-state index in [9.17, 15) is 0 Å². The minimum Gasteiger partial charge on any atom is -0.455 e. The third-order valence-corrected chi connectivity index (χ3v) is 14.4. The maximum absolute atomic E-state index is 6.46. The fourth-order valence-electron chi connectivity index (χ4n) is 10.3. The lowest BCUT2D eigenvalue weighted by Gasteiger charge is -2.26. The number of aryl methyl sites for hydroxylation is 2. The van der Waals surface area contributed by atoms with Crippen molar-refractivity contribution in [2.75, 3.05) is 4.90 Å². The standard InChI is InChI=1S/C59H43NOS/c1-36-32-37(2)56-50-35-41(26-31-51(50)59(3,4)52(56)33-36)40-12-9-13-44(34-40)60(42-27-22-38(23-28-42)45-16-11-21-55-57(45)49-15-6-8-20-54(49)62-55)43-29-24-39(25-30-43)46-17-10-18-48-47-14-5-7-19-53(47)61-58(46)48/h5-35H,1-4H3. The Morgan fingerprint density at radius 1 is 0.452 bits per heavy atom. The van der Waals surface area contributed by atoms with E-state index < -0.39 is 0 Å². The average molecular weight is 814 g/mol. The van der Waals surface area contributed by atoms with Gasteiger partial charge in [0.25, 0.3) is 0 Å². The summed E-state index contributed by atoms with van der Waals surface area (Å²) in [7, 11) is 0. The van der Waals surface area contributed by atoms with E-state index in [1.807, 2.05) is 23.5 Å². The van der Waals surface area contributed by atoms with Crippen molar-refractivity contribution in [3.05, 3.63) is 210 Å². The molecule has 12 rings (SSSR count). The van der Waals surface area contributed by atoms with Gasteiger partial charge in [0.05, 0.1) is 0 Å². The Morgan fingerprint density at radius 2 is 1.08 bits per heavy atom. The Balaban J connectivity index is 0.976. The summed E-state index contributed by atoms with van der Waals surface area (Å²) in [5.74, 6) is 0. The highest BCUT2D eigenvalue weighted by Crippen LogP contribution is 2.52. The highest BCUT2D eigenvalue weighted by molar-refractivity contribution is 7.25. The number of hydrogen-bond acceptors (Lipinski definition) is 3. The van der Waals surface area contributed by atoms with E-state index in [0.717, 1.165) is 50.1 Å². The number of hydrogen-bond donors (Lipinski definition) is 0. The zero-order chi connectivity index (χ0) is 41.7. The predicted octanol–water partition coefficient (Wildman–Crippen LogP) is 17.3. The van der Waals surface area contributed by atoms with Gasteiger partial charge in [0, 0.05) is 59.0 Å². The van der Waals surface area contributed by atoms with Crippen LogP contribution in [0.5, 0.6) is 0 Å². The fourth-order valence-corrected chi connectivity index (χ4v) is 11.4. The first-order chi connectivity index (χ1) is 30.3. The van der Waals surface area contributed by atoms with E-state index in [4.69, 9.17) is 4.42 Å². The quantitative estimate of drug-likeness (QED) is 0.166. The molecule has 2 aromatic heterocycles. The second-order valence-corrected chi connectivity index (χ2v) is 18.5. The van der Waals surface area contributed by atoms with Crippen molar-refractivity contribution in [2.24, 2.45) is 0 Å². The van der Waals surface area contributed by atoms with Gasteiger partial charge in [-0.25, -0.2) is 0 Å². The third kappa shape index (κ3) is 5.69. The Bertz CT molecular complexity index is 3570. The van der Waals surface area contributed by atoms with E-state index in [1.54, 1.807) is 0 Å². The monoisotopic (exact) mass is 813 g/mol. The SMILES string of the molecule is Cc1cc(C)c2c(c1)C(C)(C)c1ccc(-c3cccc(N(c4ccc(-c5cccc6c5oc5ccccc56)cc4)c4ccc(-c5cccc6sc7ccccc7c56)cc4)c3)cc1-2. The molecule has 296 valence electrons. The molecule has 62 heavy (non-hydrogen) atoms. The Morgan fingerprint density at radius 3 is 1.89 bits per heavy atom. The third-order valence-electron chi connectivity index (χ3n) is 13.2. The van der Waals surface area contributed by atoms with Gasteiger partial charge in [-0.1, -0.05) is 147 Å². The van der Waals surface area contributed by atoms with E-state index in [0.29, 0.717) is 0 Å². The molecule has 11 aromatic rings. The normalized spacial score (nSPS) is 13.0. The minimum absolute atomic E-state index is 0.0467. The fraction of sp³-hybridized carbons (Fsp3) is 0.0847. The highest BCUT2D eigenvalue weighted by atomic mass is 32.1. The second-order valence-electron chi connectivity index (χ2n) is 17.4. The molecule has 0 N–H and O–H groups in total. The average Bonchev–Trinajstić information content (AvgIpc) is 3.95. The smallest absolute Gasteiger partial charge is 0.143 e. The molecule has 0 unspecified atom stereocenters. The molecule has 0 aliphatic heterocycles. The van der Waals surface area contributed by atoms with Gasteiger partial charge < -0.3 is 9.32 Å². The number of anilines is 3. The van der Waals surface area contributed by atoms with Gasteiger partial charge in [-0.2, -0.15) is 0 Å². The van der Waals surface area contributed by atoms with Gasteiger partial charge in [-0.05, 0) is 130 Å².